The number of ketones is 1. The summed E-state index contributed by atoms with van der Waals surface area (Å²) in [6, 6.07) is 3.13. The van der Waals surface area contributed by atoms with Crippen molar-refractivity contribution in [2.45, 2.75) is 6.92 Å². The van der Waals surface area contributed by atoms with Gasteiger partial charge in [0.2, 0.25) is 5.78 Å². The number of hydrogen-bond acceptors (Lipinski definition) is 10. The van der Waals surface area contributed by atoms with Crippen LogP contribution in [0.2, 0.25) is 0 Å². The normalized spacial score (nSPS) is 10.2. The number of hydrogen-bond donors (Lipinski definition) is 0. The van der Waals surface area contributed by atoms with Gasteiger partial charge in [-0.05, 0) is 23.9 Å². The Morgan fingerprint density at radius 1 is 0.667 bits per heavy atom. The molecule has 1 aromatic heterocycles. The van der Waals surface area contributed by atoms with Crippen molar-refractivity contribution in [3.63, 3.8) is 0 Å². The van der Waals surface area contributed by atoms with E-state index in [0.29, 0.717) is 0 Å². The maximum Gasteiger partial charge on any atom is 0.339 e. The second kappa shape index (κ2) is 9.31. The average Bonchev–Trinajstić information content (AvgIpc) is 3.30. The van der Waals surface area contributed by atoms with E-state index in [-0.39, 0.29) is 16.0 Å². The van der Waals surface area contributed by atoms with Crippen molar-refractivity contribution in [3.8, 4) is 0 Å². The Balaban J connectivity index is 3.17. The highest BCUT2D eigenvalue weighted by Crippen LogP contribution is 2.33. The average molecular weight is 434 g/mol. The van der Waals surface area contributed by atoms with Crippen molar-refractivity contribution in [3.05, 3.63) is 55.8 Å². The highest BCUT2D eigenvalue weighted by molar-refractivity contribution is 7.12. The monoisotopic (exact) mass is 434 g/mol. The highest BCUT2D eigenvalue weighted by atomic mass is 32.1. The smallest absolute Gasteiger partial charge is 0.339 e. The van der Waals surface area contributed by atoms with Crippen LogP contribution >= 0.6 is 11.3 Å². The molecule has 2 rings (SSSR count). The molecule has 0 radical (unpaired) electrons. The molecule has 0 aliphatic rings. The first-order valence-electron chi connectivity index (χ1n) is 8.37. The number of benzene rings is 1. The van der Waals surface area contributed by atoms with Gasteiger partial charge in [-0.3, -0.25) is 4.79 Å². The Morgan fingerprint density at radius 3 is 1.47 bits per heavy atom. The van der Waals surface area contributed by atoms with E-state index in [0.717, 1.165) is 39.8 Å². The summed E-state index contributed by atoms with van der Waals surface area (Å²) in [5, 5.41) is 1.64. The van der Waals surface area contributed by atoms with Crippen molar-refractivity contribution >= 4 is 41.0 Å². The summed E-state index contributed by atoms with van der Waals surface area (Å²) in [5.74, 6) is -4.95. The van der Waals surface area contributed by atoms with Crippen LogP contribution in [0.3, 0.4) is 0 Å². The van der Waals surface area contributed by atoms with Crippen LogP contribution in [-0.2, 0) is 18.9 Å². The minimum atomic E-state index is -1.14. The van der Waals surface area contributed by atoms with Crippen molar-refractivity contribution in [2.24, 2.45) is 0 Å². The first-order chi connectivity index (χ1) is 14.2. The van der Waals surface area contributed by atoms with E-state index < -0.39 is 51.9 Å². The third-order valence-corrected chi connectivity index (χ3v) is 5.15. The molecule has 0 amide bonds. The molecule has 1 aromatic carbocycles. The van der Waals surface area contributed by atoms with Gasteiger partial charge < -0.3 is 18.9 Å². The predicted octanol–water partition coefficient (Wildman–Crippen LogP) is 2.43. The number of ether oxygens (including phenoxy) is 4. The summed E-state index contributed by atoms with van der Waals surface area (Å²) in [4.78, 5) is 63.9. The lowest BCUT2D eigenvalue weighted by Crippen LogP contribution is -2.27. The molecule has 158 valence electrons. The van der Waals surface area contributed by atoms with Gasteiger partial charge in [-0.1, -0.05) is 6.07 Å². The maximum atomic E-state index is 13.2. The fourth-order valence-electron chi connectivity index (χ4n) is 2.97. The van der Waals surface area contributed by atoms with Gasteiger partial charge >= 0.3 is 23.9 Å². The molecule has 0 fully saturated rings. The number of carbonyl (C=O) groups is 5. The summed E-state index contributed by atoms with van der Waals surface area (Å²) < 4.78 is 19.0. The van der Waals surface area contributed by atoms with E-state index in [1.165, 1.54) is 13.0 Å². The standard InChI is InChI=1S/C20H18O9S/c1-9-11(16(21)10-7-6-8-30-10)13(18(23)27-3)15(20(25)29-5)14(19(24)28-4)12(9)17(22)26-2/h6-8H,1-5H3. The minimum absolute atomic E-state index is 0.0475. The number of carbonyl (C=O) groups excluding carboxylic acids is 5. The van der Waals surface area contributed by atoms with E-state index in [2.05, 4.69) is 0 Å². The largest absolute Gasteiger partial charge is 0.465 e. The van der Waals surface area contributed by atoms with Crippen molar-refractivity contribution in [1.82, 2.24) is 0 Å². The third-order valence-electron chi connectivity index (χ3n) is 4.28. The van der Waals surface area contributed by atoms with Gasteiger partial charge in [0.05, 0.1) is 55.6 Å². The van der Waals surface area contributed by atoms with Crippen LogP contribution in [0.15, 0.2) is 17.5 Å². The zero-order valence-corrected chi connectivity index (χ0v) is 17.6. The van der Waals surface area contributed by atoms with Gasteiger partial charge in [0.25, 0.3) is 0 Å². The topological polar surface area (TPSA) is 122 Å². The molecule has 0 spiro atoms. The van der Waals surface area contributed by atoms with Crippen LogP contribution < -0.4 is 0 Å². The molecule has 0 bridgehead atoms. The SMILES string of the molecule is COC(=O)c1c(C)c(C(=O)c2cccs2)c(C(=O)OC)c(C(=O)OC)c1C(=O)OC. The Hall–Kier alpha value is -3.53. The Kier molecular flexibility index (Phi) is 7.06. The molecular weight excluding hydrogens is 416 g/mol. The fourth-order valence-corrected chi connectivity index (χ4v) is 3.64. The first-order valence-corrected chi connectivity index (χ1v) is 9.24. The second-order valence-corrected chi connectivity index (χ2v) is 6.72. The summed E-state index contributed by atoms with van der Waals surface area (Å²) in [6.07, 6.45) is 0. The van der Waals surface area contributed by atoms with Crippen molar-refractivity contribution in [1.29, 1.82) is 0 Å². The number of esters is 4. The minimum Gasteiger partial charge on any atom is -0.465 e. The molecule has 2 aromatic rings. The van der Waals surface area contributed by atoms with Crippen LogP contribution in [0, 0.1) is 6.92 Å². The van der Waals surface area contributed by atoms with Crippen LogP contribution in [0.5, 0.6) is 0 Å². The van der Waals surface area contributed by atoms with E-state index in [1.54, 1.807) is 11.4 Å². The lowest BCUT2D eigenvalue weighted by atomic mass is 9.84. The molecule has 0 unspecified atom stereocenters. The summed E-state index contributed by atoms with van der Waals surface area (Å²) in [6.45, 7) is 1.35. The van der Waals surface area contributed by atoms with Gasteiger partial charge in [-0.2, -0.15) is 0 Å². The molecule has 0 atom stereocenters. The highest BCUT2D eigenvalue weighted by Gasteiger charge is 2.38. The molecule has 0 saturated heterocycles. The van der Waals surface area contributed by atoms with Gasteiger partial charge in [0.1, 0.15) is 0 Å². The Morgan fingerprint density at radius 2 is 1.07 bits per heavy atom. The van der Waals surface area contributed by atoms with Gasteiger partial charge in [0.15, 0.2) is 0 Å². The van der Waals surface area contributed by atoms with E-state index in [4.69, 9.17) is 18.9 Å². The summed E-state index contributed by atoms with van der Waals surface area (Å²) >= 11 is 1.09. The molecule has 10 heteroatoms. The molecule has 1 heterocycles. The molecule has 0 saturated carbocycles. The maximum absolute atomic E-state index is 13.2. The Labute approximate surface area is 175 Å². The van der Waals surface area contributed by atoms with E-state index in [9.17, 15) is 24.0 Å². The van der Waals surface area contributed by atoms with Gasteiger partial charge in [0, 0.05) is 5.56 Å². The lowest BCUT2D eigenvalue weighted by molar-refractivity contribution is 0.0519. The number of rotatable bonds is 6. The third kappa shape index (κ3) is 3.81. The zero-order valence-electron chi connectivity index (χ0n) is 16.8. The van der Waals surface area contributed by atoms with E-state index >= 15 is 0 Å². The summed E-state index contributed by atoms with van der Waals surface area (Å²) in [7, 11) is 4.16. The molecule has 0 N–H and O–H groups in total. The fraction of sp³-hybridized carbons (Fsp3) is 0.250. The Bertz CT molecular complexity index is 1040. The van der Waals surface area contributed by atoms with Gasteiger partial charge in [-0.15, -0.1) is 11.3 Å². The second-order valence-electron chi connectivity index (χ2n) is 5.77. The molecular formula is C20H18O9S. The summed E-state index contributed by atoms with van der Waals surface area (Å²) in [5.41, 5.74) is -2.41. The first kappa shape index (κ1) is 22.8. The molecule has 0 aliphatic carbocycles. The van der Waals surface area contributed by atoms with E-state index in [1.807, 2.05) is 0 Å². The number of methoxy groups -OCH3 is 4. The van der Waals surface area contributed by atoms with Gasteiger partial charge in [-0.25, -0.2) is 19.2 Å². The van der Waals surface area contributed by atoms with Crippen molar-refractivity contribution < 1.29 is 42.9 Å². The van der Waals surface area contributed by atoms with Crippen LogP contribution in [0.1, 0.15) is 62.2 Å². The quantitative estimate of drug-likeness (QED) is 0.383. The molecule has 9 nitrogen and oxygen atoms in total. The predicted molar refractivity (Wildman–Crippen MR) is 104 cm³/mol. The van der Waals surface area contributed by atoms with Crippen molar-refractivity contribution in [2.75, 3.05) is 28.4 Å². The molecule has 30 heavy (non-hydrogen) atoms. The van der Waals surface area contributed by atoms with Crippen LogP contribution in [-0.4, -0.2) is 58.1 Å². The molecule has 0 aliphatic heterocycles. The zero-order chi connectivity index (χ0) is 22.6. The van der Waals surface area contributed by atoms with Crippen LogP contribution in [0.25, 0.3) is 0 Å². The lowest BCUT2D eigenvalue weighted by Gasteiger charge is -2.20. The number of thiophene rings is 1. The van der Waals surface area contributed by atoms with Crippen LogP contribution in [0.4, 0.5) is 0 Å².